The molecule has 1 aromatic carbocycles. The summed E-state index contributed by atoms with van der Waals surface area (Å²) in [6.07, 6.45) is 0.276. The largest absolute Gasteiger partial charge is 0.480 e. The van der Waals surface area contributed by atoms with Gasteiger partial charge in [0.05, 0.1) is 6.10 Å². The Bertz CT molecular complexity index is 544. The van der Waals surface area contributed by atoms with Crippen molar-refractivity contribution in [3.05, 3.63) is 29.8 Å². The Morgan fingerprint density at radius 2 is 2.10 bits per heavy atom. The van der Waals surface area contributed by atoms with Crippen LogP contribution in [0.2, 0.25) is 0 Å². The van der Waals surface area contributed by atoms with Crippen LogP contribution in [0.25, 0.3) is 0 Å². The molecule has 2 amide bonds. The van der Waals surface area contributed by atoms with Gasteiger partial charge in [-0.2, -0.15) is 0 Å². The number of hydrogen-bond acceptors (Lipinski definition) is 3. The Balaban J connectivity index is 2.22. The van der Waals surface area contributed by atoms with E-state index < -0.39 is 18.1 Å². The van der Waals surface area contributed by atoms with Crippen LogP contribution >= 0.6 is 0 Å². The number of hydrogen-bond donors (Lipinski definition) is 2. The number of fused-ring (bicyclic) bond motifs is 1. The second-order valence-electron chi connectivity index (χ2n) is 5.40. The molecule has 21 heavy (non-hydrogen) atoms. The number of carboxylic acid groups (broad SMARTS) is 1. The topological polar surface area (TPSA) is 81.1 Å². The highest BCUT2D eigenvalue weighted by molar-refractivity contribution is 6.00. The number of nitrogens with zero attached hydrogens (tertiary/aromatic N) is 2. The molecule has 2 rings (SSSR count). The second-order valence-corrected chi connectivity index (χ2v) is 5.40. The third kappa shape index (κ3) is 3.16. The number of benzene rings is 1. The Labute approximate surface area is 123 Å². The number of aliphatic hydroxyl groups excluding tert-OH is 1. The third-order valence-corrected chi connectivity index (χ3v) is 3.68. The van der Waals surface area contributed by atoms with Crippen LogP contribution < -0.4 is 4.90 Å². The number of urea groups is 1. The van der Waals surface area contributed by atoms with Gasteiger partial charge in [-0.05, 0) is 25.0 Å². The van der Waals surface area contributed by atoms with Crippen LogP contribution in [0, 0.1) is 0 Å². The number of carbonyl (C=O) groups is 2. The number of carboxylic acids is 1. The van der Waals surface area contributed by atoms with E-state index >= 15 is 0 Å². The van der Waals surface area contributed by atoms with Crippen molar-refractivity contribution in [2.45, 2.75) is 31.9 Å². The fraction of sp³-hybridized carbons (Fsp3) is 0.467. The Hall–Kier alpha value is -2.08. The molecule has 0 spiro atoms. The quantitative estimate of drug-likeness (QED) is 0.877. The van der Waals surface area contributed by atoms with E-state index in [1.807, 2.05) is 12.1 Å². The molecule has 0 saturated heterocycles. The smallest absolute Gasteiger partial charge is 0.327 e. The van der Waals surface area contributed by atoms with E-state index in [0.29, 0.717) is 25.1 Å². The molecule has 0 fully saturated rings. The standard InChI is InChI=1S/C15H20N2O4/c1-10(18)7-8-16(2)15(21)17-12-6-4-3-5-11(12)9-13(17)14(19)20/h3-6,10,13,18H,7-9H2,1-2H3,(H,19,20). The SMILES string of the molecule is CC(O)CCN(C)C(=O)N1c2ccccc2CC1C(=O)O. The van der Waals surface area contributed by atoms with Crippen LogP contribution in [-0.4, -0.2) is 52.9 Å². The molecule has 1 heterocycles. The van der Waals surface area contributed by atoms with Crippen molar-refractivity contribution in [2.75, 3.05) is 18.5 Å². The predicted molar refractivity (Wildman–Crippen MR) is 78.4 cm³/mol. The first-order valence-corrected chi connectivity index (χ1v) is 6.95. The summed E-state index contributed by atoms with van der Waals surface area (Å²) >= 11 is 0. The molecule has 2 atom stereocenters. The minimum Gasteiger partial charge on any atom is -0.480 e. The van der Waals surface area contributed by atoms with E-state index in [9.17, 15) is 19.8 Å². The predicted octanol–water partition coefficient (Wildman–Crippen LogP) is 1.33. The molecule has 2 N–H and O–H groups in total. The summed E-state index contributed by atoms with van der Waals surface area (Å²) in [4.78, 5) is 26.7. The number of rotatable bonds is 4. The Morgan fingerprint density at radius 3 is 2.71 bits per heavy atom. The van der Waals surface area contributed by atoms with Gasteiger partial charge in [0, 0.05) is 25.7 Å². The Morgan fingerprint density at radius 1 is 1.43 bits per heavy atom. The average molecular weight is 292 g/mol. The lowest BCUT2D eigenvalue weighted by Gasteiger charge is -2.28. The lowest BCUT2D eigenvalue weighted by Crippen LogP contribution is -2.49. The minimum absolute atomic E-state index is 0.321. The number of aliphatic hydroxyl groups is 1. The molecule has 1 aliphatic rings. The van der Waals surface area contributed by atoms with Gasteiger partial charge in [0.2, 0.25) is 0 Å². The van der Waals surface area contributed by atoms with Gasteiger partial charge in [-0.1, -0.05) is 18.2 Å². The zero-order valence-electron chi connectivity index (χ0n) is 12.2. The average Bonchev–Trinajstić information content (AvgIpc) is 2.83. The van der Waals surface area contributed by atoms with Gasteiger partial charge < -0.3 is 15.1 Å². The molecule has 1 aromatic rings. The van der Waals surface area contributed by atoms with Crippen LogP contribution in [0.15, 0.2) is 24.3 Å². The van der Waals surface area contributed by atoms with Gasteiger partial charge in [0.25, 0.3) is 0 Å². The molecule has 0 bridgehead atoms. The fourth-order valence-corrected chi connectivity index (χ4v) is 2.48. The van der Waals surface area contributed by atoms with Crippen molar-refractivity contribution in [3.63, 3.8) is 0 Å². The normalized spacial score (nSPS) is 18.2. The lowest BCUT2D eigenvalue weighted by atomic mass is 10.1. The van der Waals surface area contributed by atoms with Gasteiger partial charge >= 0.3 is 12.0 Å². The number of aliphatic carboxylic acids is 1. The molecule has 6 heteroatoms. The van der Waals surface area contributed by atoms with Crippen LogP contribution in [0.1, 0.15) is 18.9 Å². The summed E-state index contributed by atoms with van der Waals surface area (Å²) in [6.45, 7) is 2.03. The maximum atomic E-state index is 12.5. The van der Waals surface area contributed by atoms with Crippen LogP contribution in [0.5, 0.6) is 0 Å². The van der Waals surface area contributed by atoms with E-state index in [1.165, 1.54) is 9.80 Å². The fourth-order valence-electron chi connectivity index (χ4n) is 2.48. The van der Waals surface area contributed by atoms with E-state index in [-0.39, 0.29) is 6.03 Å². The molecular weight excluding hydrogens is 272 g/mol. The molecule has 2 unspecified atom stereocenters. The molecule has 114 valence electrons. The molecule has 0 saturated carbocycles. The summed E-state index contributed by atoms with van der Waals surface area (Å²) < 4.78 is 0. The summed E-state index contributed by atoms with van der Waals surface area (Å²) in [6, 6.07) is 6.01. The van der Waals surface area contributed by atoms with Gasteiger partial charge in [-0.25, -0.2) is 9.59 Å². The lowest BCUT2D eigenvalue weighted by molar-refractivity contribution is -0.138. The van der Waals surface area contributed by atoms with E-state index in [0.717, 1.165) is 5.56 Å². The monoisotopic (exact) mass is 292 g/mol. The third-order valence-electron chi connectivity index (χ3n) is 3.68. The van der Waals surface area contributed by atoms with Crippen LogP contribution in [0.3, 0.4) is 0 Å². The molecular formula is C15H20N2O4. The summed E-state index contributed by atoms with van der Waals surface area (Å²) in [5.74, 6) is -1.01. The molecule has 6 nitrogen and oxygen atoms in total. The first kappa shape index (κ1) is 15.3. The highest BCUT2D eigenvalue weighted by Crippen LogP contribution is 2.32. The van der Waals surface area contributed by atoms with Crippen molar-refractivity contribution >= 4 is 17.7 Å². The highest BCUT2D eigenvalue weighted by Gasteiger charge is 2.39. The van der Waals surface area contributed by atoms with Crippen LogP contribution in [0.4, 0.5) is 10.5 Å². The number of carbonyl (C=O) groups excluding carboxylic acids is 1. The zero-order chi connectivity index (χ0) is 15.6. The summed E-state index contributed by atoms with van der Waals surface area (Å²) in [5, 5.41) is 18.7. The first-order chi connectivity index (χ1) is 9.91. The minimum atomic E-state index is -1.01. The van der Waals surface area contributed by atoms with Gasteiger partial charge in [-0.15, -0.1) is 0 Å². The second kappa shape index (κ2) is 6.13. The summed E-state index contributed by atoms with van der Waals surface area (Å²) in [5.41, 5.74) is 1.51. The van der Waals surface area contributed by atoms with Crippen LogP contribution in [-0.2, 0) is 11.2 Å². The van der Waals surface area contributed by atoms with E-state index in [1.54, 1.807) is 26.1 Å². The first-order valence-electron chi connectivity index (χ1n) is 6.95. The molecule has 0 radical (unpaired) electrons. The van der Waals surface area contributed by atoms with E-state index in [4.69, 9.17) is 0 Å². The Kier molecular flexibility index (Phi) is 4.47. The maximum Gasteiger partial charge on any atom is 0.327 e. The van der Waals surface area contributed by atoms with Crippen molar-refractivity contribution in [1.29, 1.82) is 0 Å². The van der Waals surface area contributed by atoms with Gasteiger partial charge in [-0.3, -0.25) is 4.90 Å². The number of para-hydroxylation sites is 1. The molecule has 1 aliphatic heterocycles. The van der Waals surface area contributed by atoms with Gasteiger partial charge in [0.15, 0.2) is 0 Å². The summed E-state index contributed by atoms with van der Waals surface area (Å²) in [7, 11) is 1.62. The van der Waals surface area contributed by atoms with Crippen molar-refractivity contribution in [1.82, 2.24) is 4.90 Å². The zero-order valence-corrected chi connectivity index (χ0v) is 12.2. The number of amides is 2. The van der Waals surface area contributed by atoms with E-state index in [2.05, 4.69) is 0 Å². The molecule has 0 aliphatic carbocycles. The maximum absolute atomic E-state index is 12.5. The number of anilines is 1. The van der Waals surface area contributed by atoms with Crippen molar-refractivity contribution in [2.24, 2.45) is 0 Å². The van der Waals surface area contributed by atoms with Crippen molar-refractivity contribution in [3.8, 4) is 0 Å². The van der Waals surface area contributed by atoms with Crippen molar-refractivity contribution < 1.29 is 19.8 Å². The highest BCUT2D eigenvalue weighted by atomic mass is 16.4. The van der Waals surface area contributed by atoms with Gasteiger partial charge in [0.1, 0.15) is 6.04 Å². The molecule has 0 aromatic heterocycles.